The minimum atomic E-state index is -0.798. The number of hydrogen-bond acceptors (Lipinski definition) is 3. The number of carbonyl (C=O) groups is 2. The topological polar surface area (TPSA) is 63.6 Å². The van der Waals surface area contributed by atoms with Gasteiger partial charge in [-0.25, -0.2) is 0 Å². The van der Waals surface area contributed by atoms with Crippen LogP contribution in [0.15, 0.2) is 0 Å². The maximum atomic E-state index is 11.5. The van der Waals surface area contributed by atoms with E-state index in [-0.39, 0.29) is 23.7 Å². The normalized spacial score (nSPS) is 30.1. The fourth-order valence-electron chi connectivity index (χ4n) is 2.11. The molecule has 4 nitrogen and oxygen atoms in total. The highest BCUT2D eigenvalue weighted by Gasteiger charge is 2.39. The maximum Gasteiger partial charge on any atom is 0.308 e. The van der Waals surface area contributed by atoms with Crippen LogP contribution >= 0.6 is 0 Å². The van der Waals surface area contributed by atoms with Crippen molar-refractivity contribution in [2.24, 2.45) is 17.8 Å². The second-order valence-corrected chi connectivity index (χ2v) is 4.26. The summed E-state index contributed by atoms with van der Waals surface area (Å²) < 4.78 is 5.02. The second kappa shape index (κ2) is 5.14. The summed E-state index contributed by atoms with van der Waals surface area (Å²) in [5.74, 6) is -1.56. The van der Waals surface area contributed by atoms with Crippen LogP contribution in [0.1, 0.15) is 33.1 Å². The number of carboxylic acids is 1. The minimum absolute atomic E-state index is 0.0710. The van der Waals surface area contributed by atoms with Crippen molar-refractivity contribution in [3.63, 3.8) is 0 Å². The first-order valence-corrected chi connectivity index (χ1v) is 5.45. The van der Waals surface area contributed by atoms with E-state index in [0.717, 1.165) is 6.42 Å². The van der Waals surface area contributed by atoms with E-state index in [1.165, 1.54) is 0 Å². The van der Waals surface area contributed by atoms with Gasteiger partial charge in [-0.2, -0.15) is 0 Å². The van der Waals surface area contributed by atoms with Crippen molar-refractivity contribution in [3.8, 4) is 0 Å². The van der Waals surface area contributed by atoms with E-state index in [4.69, 9.17) is 9.84 Å². The number of aliphatic carboxylic acids is 1. The molecule has 0 aromatic rings. The molecule has 1 rings (SSSR count). The molecule has 86 valence electrons. The third kappa shape index (κ3) is 2.94. The highest BCUT2D eigenvalue weighted by molar-refractivity contribution is 5.76. The van der Waals surface area contributed by atoms with Gasteiger partial charge in [-0.15, -0.1) is 0 Å². The smallest absolute Gasteiger partial charge is 0.308 e. The van der Waals surface area contributed by atoms with Gasteiger partial charge in [-0.1, -0.05) is 13.8 Å². The van der Waals surface area contributed by atoms with Crippen LogP contribution in [0.25, 0.3) is 0 Å². The Balaban J connectivity index is 2.47. The van der Waals surface area contributed by atoms with Crippen molar-refractivity contribution in [1.29, 1.82) is 0 Å². The number of hydrogen-bond donors (Lipinski definition) is 1. The summed E-state index contributed by atoms with van der Waals surface area (Å²) >= 11 is 0. The largest absolute Gasteiger partial charge is 0.481 e. The first kappa shape index (κ1) is 12.0. The molecule has 1 aliphatic rings. The molecular formula is C11H18O4. The lowest BCUT2D eigenvalue weighted by Crippen LogP contribution is -2.18. The van der Waals surface area contributed by atoms with Gasteiger partial charge in [0, 0.05) is 0 Å². The molecule has 0 spiro atoms. The van der Waals surface area contributed by atoms with E-state index in [1.807, 2.05) is 13.8 Å². The lowest BCUT2D eigenvalue weighted by atomic mass is 9.99. The maximum absolute atomic E-state index is 11.5. The fourth-order valence-corrected chi connectivity index (χ4v) is 2.11. The number of ether oxygens (including phenoxy) is 1. The molecule has 3 atom stereocenters. The van der Waals surface area contributed by atoms with Crippen molar-refractivity contribution < 1.29 is 19.4 Å². The van der Waals surface area contributed by atoms with Crippen LogP contribution in [0.4, 0.5) is 0 Å². The Morgan fingerprint density at radius 3 is 2.53 bits per heavy atom. The zero-order chi connectivity index (χ0) is 11.4. The van der Waals surface area contributed by atoms with Crippen LogP contribution in [-0.2, 0) is 14.3 Å². The molecule has 1 aliphatic carbocycles. The summed E-state index contributed by atoms with van der Waals surface area (Å²) in [7, 11) is 0. The zero-order valence-corrected chi connectivity index (χ0v) is 9.23. The predicted molar refractivity (Wildman–Crippen MR) is 54.3 cm³/mol. The summed E-state index contributed by atoms with van der Waals surface area (Å²) in [4.78, 5) is 22.3. The van der Waals surface area contributed by atoms with Gasteiger partial charge in [0.2, 0.25) is 0 Å². The van der Waals surface area contributed by atoms with Crippen LogP contribution < -0.4 is 0 Å². The van der Waals surface area contributed by atoms with Gasteiger partial charge in [0.05, 0.1) is 18.4 Å². The Morgan fingerprint density at radius 2 is 2.07 bits per heavy atom. The summed E-state index contributed by atoms with van der Waals surface area (Å²) in [6.45, 7) is 4.25. The molecule has 1 saturated carbocycles. The van der Waals surface area contributed by atoms with E-state index in [2.05, 4.69) is 0 Å². The number of carboxylic acid groups (broad SMARTS) is 1. The van der Waals surface area contributed by atoms with Gasteiger partial charge >= 0.3 is 11.9 Å². The third-order valence-electron chi connectivity index (χ3n) is 2.98. The Morgan fingerprint density at radius 1 is 1.40 bits per heavy atom. The van der Waals surface area contributed by atoms with Crippen LogP contribution in [0, 0.1) is 17.8 Å². The molecule has 0 amide bonds. The third-order valence-corrected chi connectivity index (χ3v) is 2.98. The fraction of sp³-hybridized carbons (Fsp3) is 0.818. The SMILES string of the molecule is CCCOC(=O)C1CC(C)C(C(=O)O)C1. The average molecular weight is 214 g/mol. The standard InChI is InChI=1S/C11H18O4/c1-3-4-15-11(14)8-5-7(2)9(6-8)10(12)13/h7-9H,3-6H2,1-2H3,(H,12,13). The van der Waals surface area contributed by atoms with Gasteiger partial charge in [0.25, 0.3) is 0 Å². The Labute approximate surface area is 89.6 Å². The number of rotatable bonds is 4. The van der Waals surface area contributed by atoms with Crippen LogP contribution in [0.5, 0.6) is 0 Å². The molecule has 0 saturated heterocycles. The highest BCUT2D eigenvalue weighted by atomic mass is 16.5. The van der Waals surface area contributed by atoms with Gasteiger partial charge in [0.15, 0.2) is 0 Å². The molecule has 0 bridgehead atoms. The molecule has 0 radical (unpaired) electrons. The predicted octanol–water partition coefficient (Wildman–Crippen LogP) is 1.69. The molecule has 0 aromatic carbocycles. The van der Waals surface area contributed by atoms with Gasteiger partial charge in [0.1, 0.15) is 0 Å². The van der Waals surface area contributed by atoms with Crippen molar-refractivity contribution in [1.82, 2.24) is 0 Å². The minimum Gasteiger partial charge on any atom is -0.481 e. The quantitative estimate of drug-likeness (QED) is 0.723. The molecule has 1 N–H and O–H groups in total. The Bertz CT molecular complexity index is 249. The van der Waals surface area contributed by atoms with Crippen LogP contribution in [-0.4, -0.2) is 23.7 Å². The lowest BCUT2D eigenvalue weighted by Gasteiger charge is -2.08. The van der Waals surface area contributed by atoms with E-state index in [1.54, 1.807) is 0 Å². The molecular weight excluding hydrogens is 196 g/mol. The van der Waals surface area contributed by atoms with E-state index >= 15 is 0 Å². The molecule has 0 aliphatic heterocycles. The van der Waals surface area contributed by atoms with Gasteiger partial charge in [-0.05, 0) is 25.2 Å². The average Bonchev–Trinajstić information content (AvgIpc) is 2.56. The van der Waals surface area contributed by atoms with Crippen LogP contribution in [0.3, 0.4) is 0 Å². The van der Waals surface area contributed by atoms with E-state index < -0.39 is 5.97 Å². The highest BCUT2D eigenvalue weighted by Crippen LogP contribution is 2.36. The van der Waals surface area contributed by atoms with Crippen molar-refractivity contribution in [2.45, 2.75) is 33.1 Å². The number of esters is 1. The summed E-state index contributed by atoms with van der Waals surface area (Å²) in [6.07, 6.45) is 1.87. The summed E-state index contributed by atoms with van der Waals surface area (Å²) in [5.41, 5.74) is 0. The first-order valence-electron chi connectivity index (χ1n) is 5.45. The van der Waals surface area contributed by atoms with Crippen LogP contribution in [0.2, 0.25) is 0 Å². The van der Waals surface area contributed by atoms with Gasteiger partial charge < -0.3 is 9.84 Å². The molecule has 4 heteroatoms. The van der Waals surface area contributed by atoms with Gasteiger partial charge in [-0.3, -0.25) is 9.59 Å². The molecule has 1 fully saturated rings. The molecule has 3 unspecified atom stereocenters. The van der Waals surface area contributed by atoms with Crippen molar-refractivity contribution in [3.05, 3.63) is 0 Å². The van der Waals surface area contributed by atoms with Crippen molar-refractivity contribution in [2.75, 3.05) is 6.61 Å². The molecule has 15 heavy (non-hydrogen) atoms. The van der Waals surface area contributed by atoms with Crippen molar-refractivity contribution >= 4 is 11.9 Å². The van der Waals surface area contributed by atoms with E-state index in [0.29, 0.717) is 19.4 Å². The zero-order valence-electron chi connectivity index (χ0n) is 9.23. The summed E-state index contributed by atoms with van der Waals surface area (Å²) in [5, 5.41) is 8.91. The Kier molecular flexibility index (Phi) is 4.12. The Hall–Kier alpha value is -1.06. The first-order chi connectivity index (χ1) is 7.06. The molecule has 0 aromatic heterocycles. The summed E-state index contributed by atoms with van der Waals surface area (Å²) in [6, 6.07) is 0. The van der Waals surface area contributed by atoms with E-state index in [9.17, 15) is 9.59 Å². The number of carbonyl (C=O) groups excluding carboxylic acids is 1. The second-order valence-electron chi connectivity index (χ2n) is 4.26. The molecule has 0 heterocycles. The lowest BCUT2D eigenvalue weighted by molar-refractivity contribution is -0.148. The monoisotopic (exact) mass is 214 g/mol.